The summed E-state index contributed by atoms with van der Waals surface area (Å²) in [6.07, 6.45) is 2.86. The summed E-state index contributed by atoms with van der Waals surface area (Å²) in [6, 6.07) is 4.40. The Morgan fingerprint density at radius 3 is 3.06 bits per heavy atom. The third-order valence-corrected chi connectivity index (χ3v) is 3.31. The molecule has 1 aliphatic rings. The molecule has 0 amide bonds. The van der Waals surface area contributed by atoms with Crippen molar-refractivity contribution < 1.29 is 4.74 Å². The van der Waals surface area contributed by atoms with Crippen molar-refractivity contribution in [1.82, 2.24) is 9.88 Å². The van der Waals surface area contributed by atoms with Gasteiger partial charge >= 0.3 is 0 Å². The zero-order valence-corrected chi connectivity index (χ0v) is 10.3. The molecule has 0 aromatic carbocycles. The molecule has 1 atom stereocenters. The third kappa shape index (κ3) is 2.66. The minimum Gasteiger partial charge on any atom is -0.377 e. The van der Waals surface area contributed by atoms with Gasteiger partial charge in [-0.2, -0.15) is 0 Å². The van der Waals surface area contributed by atoms with Crippen LogP contribution < -0.4 is 5.32 Å². The predicted molar refractivity (Wildman–Crippen MR) is 65.5 cm³/mol. The number of nitrogens with one attached hydrogen (secondary N) is 1. The molecule has 0 unspecified atom stereocenters. The number of hydrogen-bond acceptors (Lipinski definition) is 2. The molecular weight excluding hydrogens is 200 g/mol. The van der Waals surface area contributed by atoms with E-state index in [0.717, 1.165) is 26.2 Å². The zero-order valence-electron chi connectivity index (χ0n) is 10.3. The van der Waals surface area contributed by atoms with Crippen molar-refractivity contribution in [2.24, 2.45) is 0 Å². The Balaban J connectivity index is 1.79. The lowest BCUT2D eigenvalue weighted by molar-refractivity contribution is 0.110. The maximum absolute atomic E-state index is 5.58. The van der Waals surface area contributed by atoms with E-state index in [-0.39, 0.29) is 0 Å². The first-order valence-electron chi connectivity index (χ1n) is 6.28. The molecule has 3 heteroatoms. The van der Waals surface area contributed by atoms with E-state index in [0.29, 0.717) is 6.10 Å². The van der Waals surface area contributed by atoms with Gasteiger partial charge < -0.3 is 14.6 Å². The zero-order chi connectivity index (χ0) is 11.4. The summed E-state index contributed by atoms with van der Waals surface area (Å²) in [5.74, 6) is 0. The van der Waals surface area contributed by atoms with Crippen molar-refractivity contribution in [3.05, 3.63) is 23.5 Å². The minimum absolute atomic E-state index is 0.436. The largest absolute Gasteiger partial charge is 0.377 e. The first kappa shape index (κ1) is 11.7. The average Bonchev–Trinajstić information content (AvgIpc) is 2.89. The summed E-state index contributed by atoms with van der Waals surface area (Å²) < 4.78 is 7.93. The SMILES string of the molecule is CCn1c(C)ccc1CNC[C@H]1CCCO1. The highest BCUT2D eigenvalue weighted by atomic mass is 16.5. The summed E-state index contributed by atoms with van der Waals surface area (Å²) in [4.78, 5) is 0. The number of ether oxygens (including phenoxy) is 1. The second-order valence-corrected chi connectivity index (χ2v) is 4.48. The van der Waals surface area contributed by atoms with Crippen LogP contribution in [-0.4, -0.2) is 23.8 Å². The van der Waals surface area contributed by atoms with Gasteiger partial charge in [-0.1, -0.05) is 0 Å². The van der Waals surface area contributed by atoms with Crippen LogP contribution in [0.1, 0.15) is 31.2 Å². The van der Waals surface area contributed by atoms with Gasteiger partial charge in [0, 0.05) is 37.6 Å². The maximum Gasteiger partial charge on any atom is 0.0700 e. The molecule has 1 aliphatic heterocycles. The van der Waals surface area contributed by atoms with E-state index in [1.165, 1.54) is 24.2 Å². The highest BCUT2D eigenvalue weighted by molar-refractivity contribution is 5.14. The van der Waals surface area contributed by atoms with Gasteiger partial charge in [0.15, 0.2) is 0 Å². The average molecular weight is 222 g/mol. The van der Waals surface area contributed by atoms with Crippen LogP contribution in [0.4, 0.5) is 0 Å². The summed E-state index contributed by atoms with van der Waals surface area (Å²) in [5, 5.41) is 3.49. The third-order valence-electron chi connectivity index (χ3n) is 3.31. The molecule has 0 aliphatic carbocycles. The molecule has 0 saturated carbocycles. The fourth-order valence-corrected chi connectivity index (χ4v) is 2.40. The molecule has 1 aromatic heterocycles. The fourth-order valence-electron chi connectivity index (χ4n) is 2.40. The van der Waals surface area contributed by atoms with Crippen molar-refractivity contribution in [2.45, 2.75) is 45.9 Å². The topological polar surface area (TPSA) is 26.2 Å². The highest BCUT2D eigenvalue weighted by Crippen LogP contribution is 2.11. The number of nitrogens with zero attached hydrogens (tertiary/aromatic N) is 1. The van der Waals surface area contributed by atoms with Gasteiger partial charge in [0.1, 0.15) is 0 Å². The van der Waals surface area contributed by atoms with E-state index in [1.54, 1.807) is 0 Å². The van der Waals surface area contributed by atoms with E-state index in [9.17, 15) is 0 Å². The predicted octanol–water partition coefficient (Wildman–Crippen LogP) is 2.09. The summed E-state index contributed by atoms with van der Waals surface area (Å²) >= 11 is 0. The van der Waals surface area contributed by atoms with Crippen LogP contribution in [0.15, 0.2) is 12.1 Å². The van der Waals surface area contributed by atoms with Gasteiger partial charge in [-0.05, 0) is 38.8 Å². The van der Waals surface area contributed by atoms with Gasteiger partial charge in [-0.15, -0.1) is 0 Å². The van der Waals surface area contributed by atoms with Crippen LogP contribution in [0.3, 0.4) is 0 Å². The summed E-state index contributed by atoms with van der Waals surface area (Å²) in [6.45, 7) is 8.27. The van der Waals surface area contributed by atoms with Gasteiger partial charge in [0.25, 0.3) is 0 Å². The Bertz CT molecular complexity index is 327. The van der Waals surface area contributed by atoms with E-state index in [1.807, 2.05) is 0 Å². The van der Waals surface area contributed by atoms with Crippen LogP contribution in [-0.2, 0) is 17.8 Å². The van der Waals surface area contributed by atoms with E-state index in [2.05, 4.69) is 35.9 Å². The Labute approximate surface area is 97.8 Å². The van der Waals surface area contributed by atoms with Crippen molar-refractivity contribution in [3.63, 3.8) is 0 Å². The number of aryl methyl sites for hydroxylation is 1. The maximum atomic E-state index is 5.58. The van der Waals surface area contributed by atoms with Crippen molar-refractivity contribution in [3.8, 4) is 0 Å². The Morgan fingerprint density at radius 1 is 1.50 bits per heavy atom. The van der Waals surface area contributed by atoms with Crippen LogP contribution in [0.2, 0.25) is 0 Å². The first-order chi connectivity index (χ1) is 7.81. The number of hydrogen-bond donors (Lipinski definition) is 1. The minimum atomic E-state index is 0.436. The van der Waals surface area contributed by atoms with Gasteiger partial charge in [-0.25, -0.2) is 0 Å². The van der Waals surface area contributed by atoms with Crippen LogP contribution in [0.25, 0.3) is 0 Å². The lowest BCUT2D eigenvalue weighted by Gasteiger charge is -2.12. The Morgan fingerprint density at radius 2 is 2.38 bits per heavy atom. The monoisotopic (exact) mass is 222 g/mol. The molecule has 1 N–H and O–H groups in total. The van der Waals surface area contributed by atoms with E-state index in [4.69, 9.17) is 4.74 Å². The molecule has 0 spiro atoms. The molecule has 90 valence electrons. The van der Waals surface area contributed by atoms with Crippen LogP contribution >= 0.6 is 0 Å². The van der Waals surface area contributed by atoms with Crippen molar-refractivity contribution >= 4 is 0 Å². The molecule has 16 heavy (non-hydrogen) atoms. The molecule has 0 bridgehead atoms. The van der Waals surface area contributed by atoms with Crippen LogP contribution in [0.5, 0.6) is 0 Å². The highest BCUT2D eigenvalue weighted by Gasteiger charge is 2.14. The molecule has 1 fully saturated rings. The second kappa shape index (κ2) is 5.51. The van der Waals surface area contributed by atoms with Crippen molar-refractivity contribution in [2.75, 3.05) is 13.2 Å². The molecule has 1 saturated heterocycles. The van der Waals surface area contributed by atoms with Crippen molar-refractivity contribution in [1.29, 1.82) is 0 Å². The molecule has 3 nitrogen and oxygen atoms in total. The first-order valence-corrected chi connectivity index (χ1v) is 6.28. The quantitative estimate of drug-likeness (QED) is 0.825. The smallest absolute Gasteiger partial charge is 0.0700 e. The molecule has 1 aromatic rings. The summed E-state index contributed by atoms with van der Waals surface area (Å²) in [5.41, 5.74) is 2.72. The number of aromatic nitrogens is 1. The molecular formula is C13H22N2O. The van der Waals surface area contributed by atoms with Crippen LogP contribution in [0, 0.1) is 6.92 Å². The lowest BCUT2D eigenvalue weighted by atomic mass is 10.2. The van der Waals surface area contributed by atoms with Gasteiger partial charge in [0.05, 0.1) is 6.10 Å². The standard InChI is InChI=1S/C13H22N2O/c1-3-15-11(2)6-7-12(15)9-14-10-13-5-4-8-16-13/h6-7,13-14H,3-5,8-10H2,1-2H3/t13-/m1/s1. The number of rotatable bonds is 5. The Kier molecular flexibility index (Phi) is 4.02. The van der Waals surface area contributed by atoms with E-state index >= 15 is 0 Å². The molecule has 2 heterocycles. The molecule has 2 rings (SSSR count). The van der Waals surface area contributed by atoms with Gasteiger partial charge in [0.2, 0.25) is 0 Å². The van der Waals surface area contributed by atoms with E-state index < -0.39 is 0 Å². The van der Waals surface area contributed by atoms with Gasteiger partial charge in [-0.3, -0.25) is 0 Å². The second-order valence-electron chi connectivity index (χ2n) is 4.48. The Hall–Kier alpha value is -0.800. The molecule has 0 radical (unpaired) electrons. The fraction of sp³-hybridized carbons (Fsp3) is 0.692. The lowest BCUT2D eigenvalue weighted by Crippen LogP contribution is -2.26. The normalized spacial score (nSPS) is 20.5. The summed E-state index contributed by atoms with van der Waals surface area (Å²) in [7, 11) is 0.